The van der Waals surface area contributed by atoms with Crippen molar-refractivity contribution in [2.24, 2.45) is 22.9 Å². The second kappa shape index (κ2) is 4.12. The van der Waals surface area contributed by atoms with Crippen molar-refractivity contribution >= 4 is 11.8 Å². The SMILES string of the molecule is CC1CC(C2[C@H]3CN(C(=O)OC(C)(C)C)C[C@@H]23)=NO1. The minimum absolute atomic E-state index is 0.184. The van der Waals surface area contributed by atoms with Crippen molar-refractivity contribution in [1.29, 1.82) is 0 Å². The number of hydrogen-bond donors (Lipinski definition) is 0. The van der Waals surface area contributed by atoms with Gasteiger partial charge in [0.1, 0.15) is 11.7 Å². The van der Waals surface area contributed by atoms with E-state index in [2.05, 4.69) is 5.16 Å². The molecule has 2 heterocycles. The number of likely N-dealkylation sites (tertiary alicyclic amines) is 1. The first kappa shape index (κ1) is 12.8. The number of carbonyl (C=O) groups is 1. The van der Waals surface area contributed by atoms with E-state index in [0.29, 0.717) is 17.8 Å². The summed E-state index contributed by atoms with van der Waals surface area (Å²) in [5, 5.41) is 4.17. The molecule has 3 rings (SSSR count). The van der Waals surface area contributed by atoms with Gasteiger partial charge in [0.15, 0.2) is 0 Å². The van der Waals surface area contributed by atoms with Crippen LogP contribution < -0.4 is 0 Å². The average molecular weight is 266 g/mol. The smallest absolute Gasteiger partial charge is 0.410 e. The number of carbonyl (C=O) groups excluding carboxylic acids is 1. The molecule has 0 aromatic carbocycles. The van der Waals surface area contributed by atoms with Gasteiger partial charge in [-0.25, -0.2) is 4.79 Å². The van der Waals surface area contributed by atoms with Crippen molar-refractivity contribution in [1.82, 2.24) is 4.90 Å². The molecular weight excluding hydrogens is 244 g/mol. The second-order valence-corrected chi connectivity index (χ2v) is 6.94. The number of ether oxygens (including phenoxy) is 1. The fourth-order valence-corrected chi connectivity index (χ4v) is 3.22. The Balaban J connectivity index is 1.52. The van der Waals surface area contributed by atoms with Crippen molar-refractivity contribution in [3.8, 4) is 0 Å². The molecule has 0 spiro atoms. The standard InChI is InChI=1S/C14H22N2O3/c1-8-5-11(15-19-8)12-9-6-16(7-10(9)12)13(17)18-14(2,3)4/h8-10,12H,5-7H2,1-4H3/t8?,9-,10+,12?. The van der Waals surface area contributed by atoms with Crippen LogP contribution in [0.3, 0.4) is 0 Å². The Hall–Kier alpha value is -1.26. The van der Waals surface area contributed by atoms with Crippen LogP contribution in [0.5, 0.6) is 0 Å². The van der Waals surface area contributed by atoms with Crippen molar-refractivity contribution < 1.29 is 14.4 Å². The van der Waals surface area contributed by atoms with Crippen LogP contribution in [0, 0.1) is 17.8 Å². The molecule has 5 nitrogen and oxygen atoms in total. The molecule has 3 aliphatic rings. The molecule has 2 fully saturated rings. The number of amides is 1. The number of rotatable bonds is 1. The number of oxime groups is 1. The van der Waals surface area contributed by atoms with Crippen LogP contribution in [0.15, 0.2) is 5.16 Å². The predicted octanol–water partition coefficient (Wildman–Crippen LogP) is 2.26. The Labute approximate surface area is 113 Å². The van der Waals surface area contributed by atoms with Gasteiger partial charge in [-0.2, -0.15) is 0 Å². The quantitative estimate of drug-likeness (QED) is 0.731. The number of nitrogens with zero attached hydrogens (tertiary/aromatic N) is 2. The number of hydrogen-bond acceptors (Lipinski definition) is 4. The molecule has 0 N–H and O–H groups in total. The molecule has 4 atom stereocenters. The monoisotopic (exact) mass is 266 g/mol. The van der Waals surface area contributed by atoms with Crippen molar-refractivity contribution in [2.45, 2.75) is 45.8 Å². The van der Waals surface area contributed by atoms with Crippen LogP contribution in [-0.2, 0) is 9.57 Å². The zero-order valence-corrected chi connectivity index (χ0v) is 12.0. The lowest BCUT2D eigenvalue weighted by molar-refractivity contribution is 0.0270. The highest BCUT2D eigenvalue weighted by atomic mass is 16.6. The van der Waals surface area contributed by atoms with E-state index in [1.165, 1.54) is 5.71 Å². The summed E-state index contributed by atoms with van der Waals surface area (Å²) in [5.74, 6) is 1.68. The minimum Gasteiger partial charge on any atom is -0.444 e. The van der Waals surface area contributed by atoms with E-state index in [4.69, 9.17) is 9.57 Å². The van der Waals surface area contributed by atoms with E-state index in [0.717, 1.165) is 19.5 Å². The molecule has 1 amide bonds. The van der Waals surface area contributed by atoms with Gasteiger partial charge in [-0.15, -0.1) is 0 Å². The highest BCUT2D eigenvalue weighted by Crippen LogP contribution is 2.53. The highest BCUT2D eigenvalue weighted by molar-refractivity contribution is 5.91. The third-order valence-corrected chi connectivity index (χ3v) is 4.08. The first-order valence-corrected chi connectivity index (χ1v) is 7.05. The van der Waals surface area contributed by atoms with Crippen LogP contribution in [0.25, 0.3) is 0 Å². The van der Waals surface area contributed by atoms with Crippen LogP contribution in [0.4, 0.5) is 4.79 Å². The average Bonchev–Trinajstić information content (AvgIpc) is 2.67. The maximum absolute atomic E-state index is 12.0. The summed E-state index contributed by atoms with van der Waals surface area (Å²) in [6.07, 6.45) is 0.985. The molecule has 1 saturated carbocycles. The Morgan fingerprint density at radius 2 is 2.00 bits per heavy atom. The molecule has 0 radical (unpaired) electrons. The lowest BCUT2D eigenvalue weighted by atomic mass is 10.1. The maximum Gasteiger partial charge on any atom is 0.410 e. The van der Waals surface area contributed by atoms with Crippen molar-refractivity contribution in [3.05, 3.63) is 0 Å². The van der Waals surface area contributed by atoms with E-state index < -0.39 is 5.60 Å². The van der Waals surface area contributed by atoms with E-state index in [1.807, 2.05) is 32.6 Å². The normalized spacial score (nSPS) is 36.6. The van der Waals surface area contributed by atoms with Gasteiger partial charge in [-0.05, 0) is 39.5 Å². The molecule has 106 valence electrons. The Bertz CT molecular complexity index is 415. The lowest BCUT2D eigenvalue weighted by Crippen LogP contribution is -2.37. The van der Waals surface area contributed by atoms with Gasteiger partial charge in [-0.1, -0.05) is 5.16 Å². The first-order valence-electron chi connectivity index (χ1n) is 7.05. The summed E-state index contributed by atoms with van der Waals surface area (Å²) in [7, 11) is 0. The summed E-state index contributed by atoms with van der Waals surface area (Å²) in [4.78, 5) is 19.0. The van der Waals surface area contributed by atoms with Gasteiger partial charge in [0.25, 0.3) is 0 Å². The van der Waals surface area contributed by atoms with E-state index >= 15 is 0 Å². The zero-order chi connectivity index (χ0) is 13.8. The summed E-state index contributed by atoms with van der Waals surface area (Å²) in [6, 6.07) is 0. The number of fused-ring (bicyclic) bond motifs is 1. The zero-order valence-electron chi connectivity index (χ0n) is 12.0. The Morgan fingerprint density at radius 3 is 2.47 bits per heavy atom. The molecule has 0 aromatic rings. The topological polar surface area (TPSA) is 51.1 Å². The Morgan fingerprint density at radius 1 is 1.37 bits per heavy atom. The fourth-order valence-electron chi connectivity index (χ4n) is 3.22. The van der Waals surface area contributed by atoms with Crippen LogP contribution in [0.1, 0.15) is 34.1 Å². The molecule has 0 bridgehead atoms. The molecule has 0 aromatic heterocycles. The van der Waals surface area contributed by atoms with Crippen LogP contribution >= 0.6 is 0 Å². The predicted molar refractivity (Wildman–Crippen MR) is 70.9 cm³/mol. The highest BCUT2D eigenvalue weighted by Gasteiger charge is 2.59. The largest absolute Gasteiger partial charge is 0.444 e. The summed E-state index contributed by atoms with van der Waals surface area (Å²) >= 11 is 0. The molecule has 1 aliphatic carbocycles. The minimum atomic E-state index is -0.415. The third-order valence-electron chi connectivity index (χ3n) is 4.08. The molecule has 5 heteroatoms. The van der Waals surface area contributed by atoms with E-state index in [9.17, 15) is 4.79 Å². The summed E-state index contributed by atoms with van der Waals surface area (Å²) < 4.78 is 5.40. The lowest BCUT2D eigenvalue weighted by Gasteiger charge is -2.25. The van der Waals surface area contributed by atoms with Gasteiger partial charge in [0, 0.05) is 25.4 Å². The maximum atomic E-state index is 12.0. The molecular formula is C14H22N2O3. The molecule has 19 heavy (non-hydrogen) atoms. The summed E-state index contributed by atoms with van der Waals surface area (Å²) in [6.45, 7) is 9.35. The summed E-state index contributed by atoms with van der Waals surface area (Å²) in [5.41, 5.74) is 0.786. The first-order chi connectivity index (χ1) is 8.85. The van der Waals surface area contributed by atoms with Gasteiger partial charge in [0.2, 0.25) is 0 Å². The van der Waals surface area contributed by atoms with Crippen molar-refractivity contribution in [3.63, 3.8) is 0 Å². The van der Waals surface area contributed by atoms with Gasteiger partial charge in [0.05, 0.1) is 5.71 Å². The van der Waals surface area contributed by atoms with Gasteiger partial charge >= 0.3 is 6.09 Å². The molecule has 2 aliphatic heterocycles. The fraction of sp³-hybridized carbons (Fsp3) is 0.857. The van der Waals surface area contributed by atoms with Gasteiger partial charge < -0.3 is 14.5 Å². The van der Waals surface area contributed by atoms with E-state index in [1.54, 1.807) is 0 Å². The number of piperidine rings is 1. The second-order valence-electron chi connectivity index (χ2n) is 6.94. The van der Waals surface area contributed by atoms with Gasteiger partial charge in [-0.3, -0.25) is 0 Å². The van der Waals surface area contributed by atoms with E-state index in [-0.39, 0.29) is 12.2 Å². The third kappa shape index (κ3) is 2.42. The van der Waals surface area contributed by atoms with Crippen LogP contribution in [0.2, 0.25) is 0 Å². The Kier molecular flexibility index (Phi) is 2.76. The van der Waals surface area contributed by atoms with Crippen molar-refractivity contribution in [2.75, 3.05) is 13.1 Å². The molecule has 2 unspecified atom stereocenters. The molecule has 1 saturated heterocycles. The van der Waals surface area contributed by atoms with Crippen LogP contribution in [-0.4, -0.2) is 41.5 Å².